The molecule has 0 spiro atoms. The van der Waals surface area contributed by atoms with Crippen LogP contribution < -0.4 is 5.32 Å². The summed E-state index contributed by atoms with van der Waals surface area (Å²) in [5.41, 5.74) is 2.59. The Labute approximate surface area is 144 Å². The smallest absolute Gasteiger partial charge is 0.220 e. The fourth-order valence-corrected chi connectivity index (χ4v) is 3.33. The molecule has 3 rings (SSSR count). The molecular weight excluding hydrogens is 298 g/mol. The average molecular weight is 323 g/mol. The minimum Gasteiger partial charge on any atom is -0.381 e. The zero-order valence-corrected chi connectivity index (χ0v) is 14.0. The third-order valence-corrected chi connectivity index (χ3v) is 4.66. The minimum atomic E-state index is 0.144. The Morgan fingerprint density at radius 3 is 2.21 bits per heavy atom. The third-order valence-electron chi connectivity index (χ3n) is 4.66. The topological polar surface area (TPSA) is 38.3 Å². The molecule has 0 aromatic heterocycles. The van der Waals surface area contributed by atoms with Crippen LogP contribution in [0.25, 0.3) is 0 Å². The average Bonchev–Trinajstić information content (AvgIpc) is 3.13. The van der Waals surface area contributed by atoms with Crippen LogP contribution in [-0.2, 0) is 9.53 Å². The third kappa shape index (κ3) is 4.68. The SMILES string of the molecule is O=C(CC1CCOC1)NCCC(c1ccccc1)c1ccccc1. The van der Waals surface area contributed by atoms with Crippen LogP contribution in [0.5, 0.6) is 0 Å². The maximum absolute atomic E-state index is 12.1. The number of carbonyl (C=O) groups excluding carboxylic acids is 1. The molecule has 126 valence electrons. The van der Waals surface area contributed by atoms with Crippen molar-refractivity contribution in [3.8, 4) is 0 Å². The molecule has 2 aromatic carbocycles. The van der Waals surface area contributed by atoms with Gasteiger partial charge in [-0.2, -0.15) is 0 Å². The molecule has 3 heteroatoms. The number of hydrogen-bond donors (Lipinski definition) is 1. The molecule has 1 aliphatic heterocycles. The molecule has 0 bridgehead atoms. The number of nitrogens with one attached hydrogen (secondary N) is 1. The molecule has 1 aliphatic rings. The van der Waals surface area contributed by atoms with Crippen molar-refractivity contribution in [3.63, 3.8) is 0 Å². The normalized spacial score (nSPS) is 17.1. The van der Waals surface area contributed by atoms with Gasteiger partial charge in [0, 0.05) is 32.1 Å². The van der Waals surface area contributed by atoms with Crippen LogP contribution in [0.3, 0.4) is 0 Å². The van der Waals surface area contributed by atoms with Gasteiger partial charge in [0.25, 0.3) is 0 Å². The van der Waals surface area contributed by atoms with E-state index in [0.717, 1.165) is 26.1 Å². The molecule has 1 unspecified atom stereocenters. The van der Waals surface area contributed by atoms with Crippen LogP contribution in [0.15, 0.2) is 60.7 Å². The lowest BCUT2D eigenvalue weighted by atomic mass is 9.88. The zero-order valence-electron chi connectivity index (χ0n) is 14.0. The van der Waals surface area contributed by atoms with Crippen LogP contribution in [0.1, 0.15) is 36.3 Å². The summed E-state index contributed by atoms with van der Waals surface area (Å²) in [5.74, 6) is 0.844. The highest BCUT2D eigenvalue weighted by atomic mass is 16.5. The Bertz CT molecular complexity index is 581. The Morgan fingerprint density at radius 2 is 1.67 bits per heavy atom. The van der Waals surface area contributed by atoms with Crippen molar-refractivity contribution in [2.45, 2.75) is 25.2 Å². The van der Waals surface area contributed by atoms with Crippen LogP contribution in [0.4, 0.5) is 0 Å². The highest BCUT2D eigenvalue weighted by Crippen LogP contribution is 2.27. The number of rotatable bonds is 7. The Hall–Kier alpha value is -2.13. The Kier molecular flexibility index (Phi) is 6.02. The predicted molar refractivity (Wildman–Crippen MR) is 95.9 cm³/mol. The fraction of sp³-hybridized carbons (Fsp3) is 0.381. The maximum atomic E-state index is 12.1. The van der Waals surface area contributed by atoms with E-state index in [2.05, 4.69) is 53.8 Å². The van der Waals surface area contributed by atoms with E-state index in [-0.39, 0.29) is 5.91 Å². The van der Waals surface area contributed by atoms with Crippen molar-refractivity contribution in [1.82, 2.24) is 5.32 Å². The first-order valence-electron chi connectivity index (χ1n) is 8.77. The molecule has 3 nitrogen and oxygen atoms in total. The Morgan fingerprint density at radius 1 is 1.04 bits per heavy atom. The molecule has 2 aromatic rings. The molecule has 0 radical (unpaired) electrons. The molecule has 1 fully saturated rings. The second kappa shape index (κ2) is 8.65. The van der Waals surface area contributed by atoms with Gasteiger partial charge in [-0.25, -0.2) is 0 Å². The molecule has 0 aliphatic carbocycles. The summed E-state index contributed by atoms with van der Waals surface area (Å²) in [6, 6.07) is 21.0. The molecular formula is C21H25NO2. The van der Waals surface area contributed by atoms with Gasteiger partial charge in [0.1, 0.15) is 0 Å². The van der Waals surface area contributed by atoms with Gasteiger partial charge >= 0.3 is 0 Å². The van der Waals surface area contributed by atoms with E-state index in [4.69, 9.17) is 4.74 Å². The van der Waals surface area contributed by atoms with Crippen molar-refractivity contribution < 1.29 is 9.53 Å². The van der Waals surface area contributed by atoms with Gasteiger partial charge in [0.2, 0.25) is 5.91 Å². The van der Waals surface area contributed by atoms with E-state index in [9.17, 15) is 4.79 Å². The van der Waals surface area contributed by atoms with Gasteiger partial charge in [0.05, 0.1) is 0 Å². The van der Waals surface area contributed by atoms with Crippen molar-refractivity contribution in [1.29, 1.82) is 0 Å². The summed E-state index contributed by atoms with van der Waals surface area (Å²) < 4.78 is 5.34. The summed E-state index contributed by atoms with van der Waals surface area (Å²) in [5, 5.41) is 3.09. The molecule has 1 amide bonds. The highest BCUT2D eigenvalue weighted by Gasteiger charge is 2.19. The molecule has 24 heavy (non-hydrogen) atoms. The van der Waals surface area contributed by atoms with E-state index < -0.39 is 0 Å². The lowest BCUT2D eigenvalue weighted by molar-refractivity contribution is -0.122. The van der Waals surface area contributed by atoms with Gasteiger partial charge in [-0.15, -0.1) is 0 Å². The number of ether oxygens (including phenoxy) is 1. The van der Waals surface area contributed by atoms with E-state index in [1.165, 1.54) is 11.1 Å². The van der Waals surface area contributed by atoms with Crippen molar-refractivity contribution in [2.24, 2.45) is 5.92 Å². The monoisotopic (exact) mass is 323 g/mol. The molecule has 1 N–H and O–H groups in total. The highest BCUT2D eigenvalue weighted by molar-refractivity contribution is 5.76. The number of benzene rings is 2. The van der Waals surface area contributed by atoms with E-state index in [1.807, 2.05) is 12.1 Å². The first kappa shape index (κ1) is 16.7. The van der Waals surface area contributed by atoms with Crippen molar-refractivity contribution in [3.05, 3.63) is 71.8 Å². The van der Waals surface area contributed by atoms with Gasteiger partial charge in [0.15, 0.2) is 0 Å². The lowest BCUT2D eigenvalue weighted by Gasteiger charge is -2.18. The van der Waals surface area contributed by atoms with Crippen LogP contribution in [-0.4, -0.2) is 25.7 Å². The standard InChI is InChI=1S/C21H25NO2/c23-21(15-17-12-14-24-16-17)22-13-11-20(18-7-3-1-4-8-18)19-9-5-2-6-10-19/h1-10,17,20H,11-16H2,(H,22,23). The summed E-state index contributed by atoms with van der Waals surface area (Å²) in [4.78, 5) is 12.1. The quantitative estimate of drug-likeness (QED) is 0.843. The van der Waals surface area contributed by atoms with Gasteiger partial charge in [-0.05, 0) is 29.9 Å². The molecule has 0 saturated carbocycles. The largest absolute Gasteiger partial charge is 0.381 e. The number of hydrogen-bond acceptors (Lipinski definition) is 2. The first-order chi connectivity index (χ1) is 11.8. The van der Waals surface area contributed by atoms with Gasteiger partial charge in [-0.3, -0.25) is 4.79 Å². The van der Waals surface area contributed by atoms with Crippen LogP contribution in [0, 0.1) is 5.92 Å². The maximum Gasteiger partial charge on any atom is 0.220 e. The summed E-state index contributed by atoms with van der Waals surface area (Å²) in [7, 11) is 0. The number of carbonyl (C=O) groups is 1. The van der Waals surface area contributed by atoms with Crippen LogP contribution in [0.2, 0.25) is 0 Å². The van der Waals surface area contributed by atoms with E-state index in [0.29, 0.717) is 24.8 Å². The Balaban J connectivity index is 1.57. The zero-order chi connectivity index (χ0) is 16.6. The minimum absolute atomic E-state index is 0.144. The second-order valence-corrected chi connectivity index (χ2v) is 6.45. The summed E-state index contributed by atoms with van der Waals surface area (Å²) >= 11 is 0. The van der Waals surface area contributed by atoms with E-state index >= 15 is 0 Å². The van der Waals surface area contributed by atoms with Gasteiger partial charge < -0.3 is 10.1 Å². The lowest BCUT2D eigenvalue weighted by Crippen LogP contribution is -2.27. The van der Waals surface area contributed by atoms with Crippen LogP contribution >= 0.6 is 0 Å². The number of amides is 1. The predicted octanol–water partition coefficient (Wildman–Crippen LogP) is 3.75. The van der Waals surface area contributed by atoms with E-state index in [1.54, 1.807) is 0 Å². The first-order valence-corrected chi connectivity index (χ1v) is 8.77. The molecule has 1 heterocycles. The van der Waals surface area contributed by atoms with Crippen molar-refractivity contribution >= 4 is 5.91 Å². The molecule has 1 atom stereocenters. The molecule has 1 saturated heterocycles. The summed E-state index contributed by atoms with van der Waals surface area (Å²) in [6.07, 6.45) is 2.49. The van der Waals surface area contributed by atoms with Gasteiger partial charge in [-0.1, -0.05) is 60.7 Å². The summed E-state index contributed by atoms with van der Waals surface area (Å²) in [6.45, 7) is 2.22. The fourth-order valence-electron chi connectivity index (χ4n) is 3.33. The van der Waals surface area contributed by atoms with Crippen molar-refractivity contribution in [2.75, 3.05) is 19.8 Å². The second-order valence-electron chi connectivity index (χ2n) is 6.45.